The predicted molar refractivity (Wildman–Crippen MR) is 127 cm³/mol. The maximum Gasteiger partial charge on any atom is 0.261 e. The van der Waals surface area contributed by atoms with Gasteiger partial charge in [0, 0.05) is 24.0 Å². The number of anilines is 1. The van der Waals surface area contributed by atoms with Gasteiger partial charge in [0.25, 0.3) is 11.5 Å². The molecule has 1 saturated heterocycles. The number of fused-ring (bicyclic) bond motifs is 2. The first-order valence-electron chi connectivity index (χ1n) is 10.9. The first-order valence-corrected chi connectivity index (χ1v) is 10.9. The van der Waals surface area contributed by atoms with Crippen LogP contribution in [0.25, 0.3) is 33.3 Å². The summed E-state index contributed by atoms with van der Waals surface area (Å²) in [6.45, 7) is 1.94. The lowest BCUT2D eigenvalue weighted by Crippen LogP contribution is -2.44. The molecule has 4 aromatic rings. The topological polar surface area (TPSA) is 111 Å². The van der Waals surface area contributed by atoms with Gasteiger partial charge < -0.3 is 25.5 Å². The monoisotopic (exact) mass is 448 g/mol. The number of pyridine rings is 1. The second-order valence-corrected chi connectivity index (χ2v) is 8.70. The van der Waals surface area contributed by atoms with Crippen LogP contribution in [0.5, 0.6) is 0 Å². The van der Waals surface area contributed by atoms with Gasteiger partial charge in [0.05, 0.1) is 22.2 Å². The first kappa shape index (κ1) is 21.1. The summed E-state index contributed by atoms with van der Waals surface area (Å²) in [6, 6.07) is 9.52. The summed E-state index contributed by atoms with van der Waals surface area (Å²) >= 11 is 0. The molecule has 1 aliphatic rings. The van der Waals surface area contributed by atoms with Crippen molar-refractivity contribution in [1.29, 1.82) is 0 Å². The Morgan fingerprint density at radius 1 is 1.15 bits per heavy atom. The van der Waals surface area contributed by atoms with Gasteiger partial charge in [-0.1, -0.05) is 0 Å². The Bertz CT molecular complexity index is 1430. The van der Waals surface area contributed by atoms with Gasteiger partial charge in [0.15, 0.2) is 0 Å². The largest absolute Gasteiger partial charge is 0.397 e. The molecule has 33 heavy (non-hydrogen) atoms. The zero-order valence-electron chi connectivity index (χ0n) is 18.5. The lowest BCUT2D eigenvalue weighted by Gasteiger charge is -2.35. The van der Waals surface area contributed by atoms with E-state index < -0.39 is 11.4 Å². The van der Waals surface area contributed by atoms with E-state index in [1.54, 1.807) is 18.2 Å². The third-order valence-corrected chi connectivity index (χ3v) is 6.54. The fraction of sp³-hybridized carbons (Fsp3) is 0.292. The Kier molecular flexibility index (Phi) is 5.13. The minimum absolute atomic E-state index is 0.0545. The quantitative estimate of drug-likeness (QED) is 0.446. The Hall–Kier alpha value is -3.72. The lowest BCUT2D eigenvalue weighted by atomic mass is 10.0. The molecule has 1 fully saturated rings. The second kappa shape index (κ2) is 8.00. The molecule has 1 amide bonds. The minimum atomic E-state index is -0.469. The van der Waals surface area contributed by atoms with Crippen molar-refractivity contribution >= 4 is 33.5 Å². The van der Waals surface area contributed by atoms with Crippen LogP contribution in [-0.2, 0) is 0 Å². The van der Waals surface area contributed by atoms with Crippen molar-refractivity contribution < 1.29 is 9.18 Å². The van der Waals surface area contributed by atoms with Gasteiger partial charge >= 0.3 is 0 Å². The molecule has 4 N–H and O–H groups in total. The number of nitrogen functional groups attached to an aromatic ring is 1. The van der Waals surface area contributed by atoms with Crippen LogP contribution in [-0.4, -0.2) is 63.9 Å². The highest BCUT2D eigenvalue weighted by molar-refractivity contribution is 5.99. The number of nitrogens with one attached hydrogen (secondary N) is 2. The molecule has 2 aromatic heterocycles. The molecule has 0 bridgehead atoms. The van der Waals surface area contributed by atoms with Crippen molar-refractivity contribution in [1.82, 2.24) is 24.8 Å². The zero-order chi connectivity index (χ0) is 23.3. The number of imidazole rings is 1. The average Bonchev–Trinajstić information content (AvgIpc) is 3.21. The molecule has 5 rings (SSSR count). The standard InChI is InChI=1S/C24H25FN6O2/c1-30-9-7-15(8-10-30)31(2)24(33)13-3-6-17-19(11-13)28-22(27-17)20-21(26)16-5-4-14(25)12-18(16)29-23(20)32/h3-6,11-12,15H,7-10H2,1-2H3,(H,27,28)(H3,26,29,32). The number of aromatic nitrogens is 3. The molecule has 170 valence electrons. The molecule has 0 saturated carbocycles. The van der Waals surface area contributed by atoms with E-state index in [1.807, 2.05) is 11.9 Å². The molecule has 1 aliphatic heterocycles. The van der Waals surface area contributed by atoms with E-state index in [4.69, 9.17) is 5.73 Å². The van der Waals surface area contributed by atoms with Gasteiger partial charge in [-0.15, -0.1) is 0 Å². The molecule has 0 spiro atoms. The number of carbonyl (C=O) groups is 1. The van der Waals surface area contributed by atoms with Crippen LogP contribution in [0.4, 0.5) is 10.1 Å². The first-order chi connectivity index (χ1) is 15.8. The Morgan fingerprint density at radius 2 is 1.91 bits per heavy atom. The highest BCUT2D eigenvalue weighted by Crippen LogP contribution is 2.29. The van der Waals surface area contributed by atoms with Crippen LogP contribution < -0.4 is 11.3 Å². The summed E-state index contributed by atoms with van der Waals surface area (Å²) in [5.41, 5.74) is 8.30. The molecule has 8 nitrogen and oxygen atoms in total. The summed E-state index contributed by atoms with van der Waals surface area (Å²) in [6.07, 6.45) is 1.89. The van der Waals surface area contributed by atoms with Crippen molar-refractivity contribution in [3.8, 4) is 11.4 Å². The highest BCUT2D eigenvalue weighted by atomic mass is 19.1. The van der Waals surface area contributed by atoms with Crippen molar-refractivity contribution in [3.05, 3.63) is 58.1 Å². The number of hydrogen-bond acceptors (Lipinski definition) is 5. The van der Waals surface area contributed by atoms with Crippen molar-refractivity contribution in [2.24, 2.45) is 0 Å². The number of nitrogens with zero attached hydrogens (tertiary/aromatic N) is 3. The number of benzene rings is 2. The molecule has 0 atom stereocenters. The Labute approximate surface area is 189 Å². The number of rotatable bonds is 3. The molecule has 2 aromatic carbocycles. The number of piperidine rings is 1. The van der Waals surface area contributed by atoms with Gasteiger partial charge in [-0.2, -0.15) is 0 Å². The van der Waals surface area contributed by atoms with E-state index >= 15 is 0 Å². The molecule has 0 radical (unpaired) electrons. The van der Waals surface area contributed by atoms with E-state index in [-0.39, 0.29) is 23.2 Å². The third-order valence-electron chi connectivity index (χ3n) is 6.54. The summed E-state index contributed by atoms with van der Waals surface area (Å²) < 4.78 is 13.5. The van der Waals surface area contributed by atoms with Gasteiger partial charge in [-0.25, -0.2) is 9.37 Å². The van der Waals surface area contributed by atoms with Crippen molar-refractivity contribution in [2.45, 2.75) is 18.9 Å². The molecule has 0 unspecified atom stereocenters. The number of hydrogen-bond donors (Lipinski definition) is 3. The van der Waals surface area contributed by atoms with Crippen LogP contribution in [0.1, 0.15) is 23.2 Å². The third kappa shape index (κ3) is 3.74. The second-order valence-electron chi connectivity index (χ2n) is 8.70. The number of likely N-dealkylation sites (tertiary alicyclic amines) is 1. The van der Waals surface area contributed by atoms with Crippen LogP contribution in [0.15, 0.2) is 41.2 Å². The average molecular weight is 449 g/mol. The van der Waals surface area contributed by atoms with E-state index in [2.05, 4.69) is 26.9 Å². The number of nitrogens with two attached hydrogens (primary N) is 1. The number of carbonyl (C=O) groups excluding carboxylic acids is 1. The maximum absolute atomic E-state index is 13.5. The van der Waals surface area contributed by atoms with Crippen LogP contribution in [0.3, 0.4) is 0 Å². The summed E-state index contributed by atoms with van der Waals surface area (Å²) in [4.78, 5) is 40.2. The van der Waals surface area contributed by atoms with Crippen LogP contribution in [0.2, 0.25) is 0 Å². The highest BCUT2D eigenvalue weighted by Gasteiger charge is 2.25. The Morgan fingerprint density at radius 3 is 2.67 bits per heavy atom. The smallest absolute Gasteiger partial charge is 0.261 e. The number of amides is 1. The van der Waals surface area contributed by atoms with E-state index in [0.717, 1.165) is 25.9 Å². The zero-order valence-corrected chi connectivity index (χ0v) is 18.5. The van der Waals surface area contributed by atoms with Crippen LogP contribution in [0, 0.1) is 5.82 Å². The Balaban J connectivity index is 1.50. The molecular formula is C24H25FN6O2. The van der Waals surface area contributed by atoms with Gasteiger partial charge in [0.1, 0.15) is 17.2 Å². The summed E-state index contributed by atoms with van der Waals surface area (Å²) in [7, 11) is 3.93. The SMILES string of the molecule is CN1CCC(N(C)C(=O)c2ccc3[nH]c(-c4c(N)c5ccc(F)cc5[nH]c4=O)nc3c2)CC1. The fourth-order valence-electron chi connectivity index (χ4n) is 4.54. The molecule has 3 heterocycles. The molecule has 0 aliphatic carbocycles. The van der Waals surface area contributed by atoms with Gasteiger partial charge in [0.2, 0.25) is 0 Å². The van der Waals surface area contributed by atoms with Crippen molar-refractivity contribution in [2.75, 3.05) is 32.9 Å². The van der Waals surface area contributed by atoms with E-state index in [1.165, 1.54) is 18.2 Å². The van der Waals surface area contributed by atoms with E-state index in [9.17, 15) is 14.0 Å². The molecular weight excluding hydrogens is 423 g/mol. The van der Waals surface area contributed by atoms with E-state index in [0.29, 0.717) is 33.3 Å². The number of halogens is 1. The number of H-pyrrole nitrogens is 2. The van der Waals surface area contributed by atoms with Gasteiger partial charge in [-0.3, -0.25) is 9.59 Å². The maximum atomic E-state index is 13.5. The predicted octanol–water partition coefficient (Wildman–Crippen LogP) is 2.96. The normalized spacial score (nSPS) is 15.4. The van der Waals surface area contributed by atoms with Crippen molar-refractivity contribution in [3.63, 3.8) is 0 Å². The summed E-state index contributed by atoms with van der Waals surface area (Å²) in [5, 5.41) is 0.530. The molecule has 9 heteroatoms. The van der Waals surface area contributed by atoms with Gasteiger partial charge in [-0.05, 0) is 69.4 Å². The summed E-state index contributed by atoms with van der Waals surface area (Å²) in [5.74, 6) is -0.221. The van der Waals surface area contributed by atoms with Crippen LogP contribution >= 0.6 is 0 Å². The number of aromatic amines is 2. The minimum Gasteiger partial charge on any atom is -0.397 e. The fourth-order valence-corrected chi connectivity index (χ4v) is 4.54. The lowest BCUT2D eigenvalue weighted by molar-refractivity contribution is 0.0659.